The first-order valence-electron chi connectivity index (χ1n) is 8.62. The molecule has 0 spiro atoms. The third-order valence-corrected chi connectivity index (χ3v) is 5.06. The lowest BCUT2D eigenvalue weighted by atomic mass is 9.84. The van der Waals surface area contributed by atoms with Crippen LogP contribution in [0.4, 0.5) is 9.18 Å². The van der Waals surface area contributed by atoms with E-state index >= 15 is 4.39 Å². The molecule has 3 aliphatic heterocycles. The first kappa shape index (κ1) is 17.7. The van der Waals surface area contributed by atoms with Crippen LogP contribution in [0.15, 0.2) is 40.1 Å². The number of carbonyl (C=O) groups is 2. The van der Waals surface area contributed by atoms with E-state index in [4.69, 9.17) is 9.84 Å². The third kappa shape index (κ3) is 2.81. The number of nitrogens with one attached hydrogen (secondary N) is 2. The molecule has 144 valence electrons. The Morgan fingerprint density at radius 1 is 1.56 bits per heavy atom. The van der Waals surface area contributed by atoms with E-state index in [-0.39, 0.29) is 23.5 Å². The maximum absolute atomic E-state index is 15.0. The lowest BCUT2D eigenvalue weighted by molar-refractivity contribution is -0.125. The van der Waals surface area contributed by atoms with Gasteiger partial charge in [-0.25, -0.2) is 14.2 Å². The van der Waals surface area contributed by atoms with E-state index in [0.717, 1.165) is 23.3 Å². The number of hydrogen-bond donors (Lipinski definition) is 3. The summed E-state index contributed by atoms with van der Waals surface area (Å²) in [6.45, 7) is 2.03. The van der Waals surface area contributed by atoms with Gasteiger partial charge in [-0.15, -0.1) is 0 Å². The van der Waals surface area contributed by atoms with Gasteiger partial charge in [-0.2, -0.15) is 0 Å². The van der Waals surface area contributed by atoms with Crippen molar-refractivity contribution in [2.24, 2.45) is 4.99 Å². The Labute approximate surface area is 154 Å². The molecule has 4 atom stereocenters. The molecule has 0 aromatic carbocycles. The molecular formula is C17H19FN4O5. The molecule has 4 unspecified atom stereocenters. The van der Waals surface area contributed by atoms with Crippen LogP contribution < -0.4 is 10.6 Å². The highest BCUT2D eigenvalue weighted by Gasteiger charge is 2.49. The number of fused-ring (bicyclic) bond motifs is 5. The van der Waals surface area contributed by atoms with Crippen molar-refractivity contribution in [3.8, 4) is 0 Å². The van der Waals surface area contributed by atoms with Crippen molar-refractivity contribution in [3.05, 3.63) is 35.1 Å². The lowest BCUT2D eigenvalue weighted by Crippen LogP contribution is -2.58. The zero-order valence-corrected chi connectivity index (χ0v) is 14.7. The van der Waals surface area contributed by atoms with Crippen LogP contribution >= 0.6 is 0 Å². The molecule has 27 heavy (non-hydrogen) atoms. The number of carboxylic acid groups (broad SMARTS) is 1. The van der Waals surface area contributed by atoms with Crippen LogP contribution in [0, 0.1) is 0 Å². The Morgan fingerprint density at radius 2 is 2.33 bits per heavy atom. The highest BCUT2D eigenvalue weighted by molar-refractivity contribution is 6.38. The number of hydrogen-bond acceptors (Lipinski definition) is 7. The summed E-state index contributed by atoms with van der Waals surface area (Å²) in [6, 6.07) is -0.0530. The van der Waals surface area contributed by atoms with Crippen molar-refractivity contribution >= 4 is 18.0 Å². The summed E-state index contributed by atoms with van der Waals surface area (Å²) in [5.41, 5.74) is 1.17. The number of rotatable bonds is 1. The second-order valence-electron chi connectivity index (χ2n) is 6.77. The van der Waals surface area contributed by atoms with Crippen molar-refractivity contribution in [2.45, 2.75) is 44.1 Å². The zero-order valence-electron chi connectivity index (χ0n) is 14.7. The lowest BCUT2D eigenvalue weighted by Gasteiger charge is -2.46. The van der Waals surface area contributed by atoms with Crippen molar-refractivity contribution in [1.29, 1.82) is 0 Å². The van der Waals surface area contributed by atoms with Gasteiger partial charge in [0.05, 0.1) is 6.04 Å². The van der Waals surface area contributed by atoms with E-state index < -0.39 is 36.1 Å². The second-order valence-corrected chi connectivity index (χ2v) is 6.77. The van der Waals surface area contributed by atoms with Gasteiger partial charge in [0.15, 0.2) is 6.10 Å². The number of aliphatic imine (C=N–C) groups is 1. The largest absolute Gasteiger partial charge is 0.512 e. The summed E-state index contributed by atoms with van der Waals surface area (Å²) in [4.78, 5) is 28.8. The molecule has 4 rings (SSSR count). The molecule has 0 aromatic rings. The Morgan fingerprint density at radius 3 is 3.04 bits per heavy atom. The van der Waals surface area contributed by atoms with Crippen LogP contribution in [0.1, 0.15) is 19.8 Å². The first-order chi connectivity index (χ1) is 12.9. The molecule has 0 aromatic heterocycles. The molecule has 4 aliphatic rings. The quantitative estimate of drug-likeness (QED) is 0.583. The first-order valence-corrected chi connectivity index (χ1v) is 8.62. The highest BCUT2D eigenvalue weighted by atomic mass is 19.1. The van der Waals surface area contributed by atoms with Crippen molar-refractivity contribution in [3.63, 3.8) is 0 Å². The average Bonchev–Trinajstić information content (AvgIpc) is 2.63. The van der Waals surface area contributed by atoms with Gasteiger partial charge in [0.25, 0.3) is 5.90 Å². The Kier molecular flexibility index (Phi) is 4.23. The van der Waals surface area contributed by atoms with Gasteiger partial charge in [0, 0.05) is 6.04 Å². The number of likely N-dealkylation sites (N-methyl/N-ethyl adjacent to an activating group) is 1. The fourth-order valence-corrected chi connectivity index (χ4v) is 3.83. The van der Waals surface area contributed by atoms with E-state index in [1.807, 2.05) is 6.92 Å². The van der Waals surface area contributed by atoms with Crippen LogP contribution in [0.5, 0.6) is 0 Å². The number of piperidine rings is 1. The van der Waals surface area contributed by atoms with Crippen LogP contribution in [0.25, 0.3) is 0 Å². The molecule has 0 bridgehead atoms. The molecule has 0 radical (unpaired) electrons. The highest BCUT2D eigenvalue weighted by Crippen LogP contribution is 2.40. The van der Waals surface area contributed by atoms with Crippen LogP contribution in [-0.2, 0) is 14.3 Å². The fourth-order valence-electron chi connectivity index (χ4n) is 3.83. The van der Waals surface area contributed by atoms with Crippen LogP contribution in [0.2, 0.25) is 0 Å². The molecule has 10 heteroatoms. The van der Waals surface area contributed by atoms with E-state index in [9.17, 15) is 9.59 Å². The van der Waals surface area contributed by atoms with E-state index in [2.05, 4.69) is 20.4 Å². The normalized spacial score (nSPS) is 32.3. The smallest absolute Gasteiger partial charge is 0.488 e. The van der Waals surface area contributed by atoms with Gasteiger partial charge in [0.2, 0.25) is 0 Å². The molecule has 1 aliphatic carbocycles. The SMILES string of the molecule is CNC1N=C(OC(=O)O)C(=O)N2C1=COC1C2=C(F)C=C2CCC(C)NC21. The summed E-state index contributed by atoms with van der Waals surface area (Å²) in [6.07, 6.45) is 1.17. The second kappa shape index (κ2) is 6.46. The molecule has 0 saturated carbocycles. The monoisotopic (exact) mass is 378 g/mol. The standard InChI is InChI=1S/C17H19FN4O5/c1-7-3-4-8-5-9(18)12-13(11(8)20-7)26-6-10-14(19-2)21-15(27-17(24)25)16(23)22(10)12/h5-7,11,13-14,19-20H,3-4H2,1-2H3,(H,24,25). The summed E-state index contributed by atoms with van der Waals surface area (Å²) >= 11 is 0. The summed E-state index contributed by atoms with van der Waals surface area (Å²) in [5, 5.41) is 15.1. The number of carbonyl (C=O) groups excluding carboxylic acids is 1. The predicted molar refractivity (Wildman–Crippen MR) is 91.0 cm³/mol. The molecule has 1 amide bonds. The van der Waals surface area contributed by atoms with E-state index in [0.29, 0.717) is 0 Å². The van der Waals surface area contributed by atoms with Gasteiger partial charge in [-0.05, 0) is 38.5 Å². The molecule has 3 heterocycles. The Balaban J connectivity index is 1.79. The number of nitrogens with zero attached hydrogens (tertiary/aromatic N) is 2. The van der Waals surface area contributed by atoms with Crippen molar-refractivity contribution in [2.75, 3.05) is 7.05 Å². The van der Waals surface area contributed by atoms with E-state index in [1.54, 1.807) is 7.05 Å². The van der Waals surface area contributed by atoms with Gasteiger partial charge in [-0.1, -0.05) is 0 Å². The minimum Gasteiger partial charge on any atom is -0.488 e. The minimum atomic E-state index is -1.67. The predicted octanol–water partition coefficient (Wildman–Crippen LogP) is 0.969. The molecular weight excluding hydrogens is 359 g/mol. The topological polar surface area (TPSA) is 112 Å². The number of allylic oxidation sites excluding steroid dienone is 2. The molecule has 3 N–H and O–H groups in total. The number of amides is 1. The molecule has 9 nitrogen and oxygen atoms in total. The van der Waals surface area contributed by atoms with Crippen LogP contribution in [0.3, 0.4) is 0 Å². The summed E-state index contributed by atoms with van der Waals surface area (Å²) in [5.74, 6) is -2.07. The van der Waals surface area contributed by atoms with E-state index in [1.165, 1.54) is 12.3 Å². The third-order valence-electron chi connectivity index (χ3n) is 5.06. The van der Waals surface area contributed by atoms with Gasteiger partial charge in [-0.3, -0.25) is 15.0 Å². The molecule has 1 saturated heterocycles. The van der Waals surface area contributed by atoms with Gasteiger partial charge in [0.1, 0.15) is 29.6 Å². The average molecular weight is 378 g/mol. The maximum atomic E-state index is 15.0. The Hall–Kier alpha value is -2.72. The van der Waals surface area contributed by atoms with Gasteiger partial charge >= 0.3 is 12.1 Å². The molecule has 1 fully saturated rings. The fraction of sp³-hybridized carbons (Fsp3) is 0.471. The number of ether oxygens (including phenoxy) is 2. The zero-order chi connectivity index (χ0) is 19.3. The minimum absolute atomic E-state index is 0.0227. The Bertz CT molecular complexity index is 833. The van der Waals surface area contributed by atoms with Crippen molar-refractivity contribution < 1.29 is 28.6 Å². The summed E-state index contributed by atoms with van der Waals surface area (Å²) in [7, 11) is 1.57. The summed E-state index contributed by atoms with van der Waals surface area (Å²) < 4.78 is 25.3. The van der Waals surface area contributed by atoms with Crippen molar-refractivity contribution in [1.82, 2.24) is 15.5 Å². The van der Waals surface area contributed by atoms with Gasteiger partial charge < -0.3 is 19.9 Å². The van der Waals surface area contributed by atoms with Crippen LogP contribution in [-0.4, -0.2) is 59.4 Å². The number of halogens is 1. The maximum Gasteiger partial charge on any atom is 0.512 e.